The number of carbonyl (C=O) groups excluding carboxylic acids is 1. The second-order valence-electron chi connectivity index (χ2n) is 4.39. The topological polar surface area (TPSA) is 48.4 Å². The van der Waals surface area contributed by atoms with Crippen LogP contribution in [0.15, 0.2) is 24.3 Å². The maximum absolute atomic E-state index is 11.5. The van der Waals surface area contributed by atoms with E-state index >= 15 is 0 Å². The van der Waals surface area contributed by atoms with Crippen molar-refractivity contribution >= 4 is 17.1 Å². The van der Waals surface area contributed by atoms with E-state index in [1.807, 2.05) is 31.2 Å². The molecule has 0 N–H and O–H groups in total. The smallest absolute Gasteiger partial charge is 0.184 e. The predicted octanol–water partition coefficient (Wildman–Crippen LogP) is 3.17. The Morgan fingerprint density at radius 1 is 1.37 bits per heavy atom. The number of aryl methyl sites for hydroxylation is 1. The van der Waals surface area contributed by atoms with Crippen molar-refractivity contribution in [1.82, 2.24) is 4.98 Å². The summed E-state index contributed by atoms with van der Waals surface area (Å²) in [4.78, 5) is 16.6. The van der Waals surface area contributed by atoms with Gasteiger partial charge in [-0.3, -0.25) is 4.79 Å². The summed E-state index contributed by atoms with van der Waals surface area (Å²) in [5.74, 6) is 1.51. The van der Waals surface area contributed by atoms with Gasteiger partial charge in [-0.25, -0.2) is 4.98 Å². The zero-order valence-electron chi connectivity index (χ0n) is 10.7. The minimum atomic E-state index is -0.244. The van der Waals surface area contributed by atoms with Gasteiger partial charge in [-0.1, -0.05) is 12.1 Å². The number of nitrogens with zero attached hydrogens (tertiary/aromatic N) is 1. The van der Waals surface area contributed by atoms with Crippen LogP contribution < -0.4 is 9.47 Å². The van der Waals surface area contributed by atoms with Crippen molar-refractivity contribution in [3.05, 3.63) is 39.8 Å². The monoisotopic (exact) mass is 275 g/mol. The summed E-state index contributed by atoms with van der Waals surface area (Å²) in [6.07, 6.45) is -0.244. The van der Waals surface area contributed by atoms with E-state index in [-0.39, 0.29) is 11.9 Å². The van der Waals surface area contributed by atoms with Crippen LogP contribution in [0.4, 0.5) is 0 Å². The molecule has 5 heteroatoms. The molecule has 0 saturated heterocycles. The van der Waals surface area contributed by atoms with E-state index < -0.39 is 0 Å². The van der Waals surface area contributed by atoms with E-state index in [0.717, 1.165) is 22.2 Å². The second kappa shape index (κ2) is 4.66. The molecule has 2 aromatic rings. The molecule has 1 aromatic carbocycles. The molecule has 0 bridgehead atoms. The van der Waals surface area contributed by atoms with Crippen LogP contribution in [0.2, 0.25) is 0 Å². The number of Topliss-reactive ketones (excluding diaryl/α,β-unsaturated/α-hetero) is 1. The number of rotatable bonds is 2. The fourth-order valence-electron chi connectivity index (χ4n) is 2.02. The van der Waals surface area contributed by atoms with Crippen molar-refractivity contribution in [2.45, 2.75) is 20.0 Å². The Labute approximate surface area is 115 Å². The lowest BCUT2D eigenvalue weighted by molar-refractivity contribution is 0.0910. The first-order chi connectivity index (χ1) is 9.15. The van der Waals surface area contributed by atoms with Gasteiger partial charge in [0.25, 0.3) is 0 Å². The van der Waals surface area contributed by atoms with Crippen molar-refractivity contribution < 1.29 is 14.3 Å². The number of ether oxygens (including phenoxy) is 2. The summed E-state index contributed by atoms with van der Waals surface area (Å²) in [7, 11) is 0. The fraction of sp³-hybridized carbons (Fsp3) is 0.286. The SMILES string of the molecule is CC(=O)c1sc(C2COc3ccccc3O2)nc1C. The summed E-state index contributed by atoms with van der Waals surface area (Å²) < 4.78 is 11.5. The summed E-state index contributed by atoms with van der Waals surface area (Å²) in [6.45, 7) is 3.81. The number of fused-ring (bicyclic) bond motifs is 1. The van der Waals surface area contributed by atoms with Gasteiger partial charge in [-0.2, -0.15) is 0 Å². The Morgan fingerprint density at radius 2 is 2.11 bits per heavy atom. The van der Waals surface area contributed by atoms with Gasteiger partial charge in [0.1, 0.15) is 11.6 Å². The first-order valence-corrected chi connectivity index (χ1v) is 6.83. The van der Waals surface area contributed by atoms with Crippen LogP contribution in [-0.2, 0) is 0 Å². The standard InChI is InChI=1S/C14H13NO3S/c1-8-13(9(2)16)19-14(15-8)12-7-17-10-5-3-4-6-11(10)18-12/h3-6,12H,7H2,1-2H3. The lowest BCUT2D eigenvalue weighted by Crippen LogP contribution is -2.21. The third-order valence-corrected chi connectivity index (χ3v) is 4.27. The van der Waals surface area contributed by atoms with Crippen molar-refractivity contribution in [2.24, 2.45) is 0 Å². The number of carbonyl (C=O) groups is 1. The van der Waals surface area contributed by atoms with Gasteiger partial charge in [0.2, 0.25) is 0 Å². The van der Waals surface area contributed by atoms with E-state index in [1.165, 1.54) is 11.3 Å². The maximum Gasteiger partial charge on any atom is 0.184 e. The number of hydrogen-bond donors (Lipinski definition) is 0. The quantitative estimate of drug-likeness (QED) is 0.790. The fourth-order valence-corrected chi connectivity index (χ4v) is 3.00. The summed E-state index contributed by atoms with van der Waals surface area (Å²) in [5.41, 5.74) is 0.759. The average molecular weight is 275 g/mol. The molecule has 1 aromatic heterocycles. The lowest BCUT2D eigenvalue weighted by atomic mass is 10.2. The largest absolute Gasteiger partial charge is 0.485 e. The van der Waals surface area contributed by atoms with Crippen LogP contribution in [-0.4, -0.2) is 17.4 Å². The minimum Gasteiger partial charge on any atom is -0.485 e. The molecule has 1 aliphatic rings. The summed E-state index contributed by atoms with van der Waals surface area (Å²) >= 11 is 1.38. The molecule has 0 spiro atoms. The molecule has 1 aliphatic heterocycles. The Bertz CT molecular complexity index is 635. The zero-order chi connectivity index (χ0) is 13.4. The van der Waals surface area contributed by atoms with Crippen LogP contribution in [0.25, 0.3) is 0 Å². The second-order valence-corrected chi connectivity index (χ2v) is 5.42. The maximum atomic E-state index is 11.5. The van der Waals surface area contributed by atoms with Crippen LogP contribution in [0.5, 0.6) is 11.5 Å². The first kappa shape index (κ1) is 12.2. The number of aromatic nitrogens is 1. The molecule has 4 nitrogen and oxygen atoms in total. The third kappa shape index (κ3) is 2.21. The number of thiazole rings is 1. The minimum absolute atomic E-state index is 0.0402. The van der Waals surface area contributed by atoms with Gasteiger partial charge in [-0.05, 0) is 19.1 Å². The van der Waals surface area contributed by atoms with E-state index in [4.69, 9.17) is 9.47 Å². The normalized spacial score (nSPS) is 17.3. The highest BCUT2D eigenvalue weighted by molar-refractivity contribution is 7.13. The van der Waals surface area contributed by atoms with Crippen molar-refractivity contribution in [3.63, 3.8) is 0 Å². The predicted molar refractivity (Wildman–Crippen MR) is 72.2 cm³/mol. The van der Waals surface area contributed by atoms with Gasteiger partial charge in [0, 0.05) is 6.92 Å². The van der Waals surface area contributed by atoms with Crippen molar-refractivity contribution in [2.75, 3.05) is 6.61 Å². The van der Waals surface area contributed by atoms with E-state index in [9.17, 15) is 4.79 Å². The Morgan fingerprint density at radius 3 is 2.79 bits per heavy atom. The van der Waals surface area contributed by atoms with E-state index in [2.05, 4.69) is 4.98 Å². The van der Waals surface area contributed by atoms with Gasteiger partial charge in [0.15, 0.2) is 23.4 Å². The highest BCUT2D eigenvalue weighted by Crippen LogP contribution is 2.37. The summed E-state index contributed by atoms with van der Waals surface area (Å²) in [5, 5.41) is 0.789. The molecule has 0 saturated carbocycles. The van der Waals surface area contributed by atoms with E-state index in [1.54, 1.807) is 6.92 Å². The zero-order valence-corrected chi connectivity index (χ0v) is 11.5. The Hall–Kier alpha value is -1.88. The molecule has 3 rings (SSSR count). The highest BCUT2D eigenvalue weighted by atomic mass is 32.1. The molecule has 19 heavy (non-hydrogen) atoms. The molecule has 0 aliphatic carbocycles. The molecular formula is C14H13NO3S. The number of ketones is 1. The van der Waals surface area contributed by atoms with Crippen LogP contribution in [0.3, 0.4) is 0 Å². The van der Waals surface area contributed by atoms with E-state index in [0.29, 0.717) is 11.5 Å². The van der Waals surface area contributed by atoms with Crippen molar-refractivity contribution in [1.29, 1.82) is 0 Å². The molecule has 0 radical (unpaired) electrons. The lowest BCUT2D eigenvalue weighted by Gasteiger charge is -2.24. The molecule has 0 fully saturated rings. The van der Waals surface area contributed by atoms with Crippen LogP contribution in [0, 0.1) is 6.92 Å². The highest BCUT2D eigenvalue weighted by Gasteiger charge is 2.26. The van der Waals surface area contributed by atoms with Crippen LogP contribution in [0.1, 0.15) is 33.4 Å². The molecule has 0 amide bonds. The molecule has 1 unspecified atom stereocenters. The van der Waals surface area contributed by atoms with Gasteiger partial charge in [-0.15, -0.1) is 11.3 Å². The average Bonchev–Trinajstić information content (AvgIpc) is 2.80. The van der Waals surface area contributed by atoms with Gasteiger partial charge >= 0.3 is 0 Å². The van der Waals surface area contributed by atoms with Gasteiger partial charge in [0.05, 0.1) is 10.6 Å². The Balaban J connectivity index is 1.89. The third-order valence-electron chi connectivity index (χ3n) is 2.92. The van der Waals surface area contributed by atoms with Gasteiger partial charge < -0.3 is 9.47 Å². The number of benzene rings is 1. The molecular weight excluding hydrogens is 262 g/mol. The van der Waals surface area contributed by atoms with Crippen molar-refractivity contribution in [3.8, 4) is 11.5 Å². The van der Waals surface area contributed by atoms with Crippen LogP contribution >= 0.6 is 11.3 Å². The summed E-state index contributed by atoms with van der Waals surface area (Å²) in [6, 6.07) is 7.55. The number of hydrogen-bond acceptors (Lipinski definition) is 5. The Kier molecular flexibility index (Phi) is 2.98. The molecule has 2 heterocycles. The molecule has 1 atom stereocenters. The number of para-hydroxylation sites is 2. The first-order valence-electron chi connectivity index (χ1n) is 6.02. The molecule has 98 valence electrons.